The van der Waals surface area contributed by atoms with Gasteiger partial charge in [0.05, 0.1) is 11.0 Å². The number of hydrogen-bond donors (Lipinski definition) is 0. The Kier molecular flexibility index (Phi) is 5.26. The van der Waals surface area contributed by atoms with Crippen LogP contribution >= 0.6 is 11.6 Å². The minimum Gasteiger partial charge on any atom is -0.351 e. The lowest BCUT2D eigenvalue weighted by molar-refractivity contribution is 0.0746. The number of benzene rings is 3. The van der Waals surface area contributed by atoms with Crippen LogP contribution in [0.4, 0.5) is 5.82 Å². The first kappa shape index (κ1) is 19.5. The molecule has 0 saturated carbocycles. The number of aromatic nitrogens is 2. The van der Waals surface area contributed by atoms with Crippen molar-refractivity contribution in [2.75, 3.05) is 31.1 Å². The number of hydrogen-bond acceptors (Lipinski definition) is 4. The summed E-state index contributed by atoms with van der Waals surface area (Å²) < 4.78 is 0. The minimum atomic E-state index is 0.0317. The highest BCUT2D eigenvalue weighted by Gasteiger charge is 2.25. The van der Waals surface area contributed by atoms with Crippen molar-refractivity contribution < 1.29 is 4.79 Å². The number of piperazine rings is 1. The van der Waals surface area contributed by atoms with Gasteiger partial charge in [0.1, 0.15) is 5.69 Å². The number of halogens is 1. The van der Waals surface area contributed by atoms with E-state index < -0.39 is 0 Å². The fraction of sp³-hybridized carbons (Fsp3) is 0.160. The van der Waals surface area contributed by atoms with Crippen LogP contribution in [-0.4, -0.2) is 47.0 Å². The molecule has 0 spiro atoms. The number of carbonyl (C=O) groups is 1. The van der Waals surface area contributed by atoms with Gasteiger partial charge in [-0.05, 0) is 36.4 Å². The summed E-state index contributed by atoms with van der Waals surface area (Å²) in [6.45, 7) is 2.66. The highest BCUT2D eigenvalue weighted by Crippen LogP contribution is 2.30. The zero-order chi connectivity index (χ0) is 21.2. The number of para-hydroxylation sites is 2. The third-order valence-electron chi connectivity index (χ3n) is 5.56. The molecule has 1 aromatic heterocycles. The normalized spacial score (nSPS) is 14.1. The Labute approximate surface area is 185 Å². The van der Waals surface area contributed by atoms with E-state index in [0.717, 1.165) is 28.1 Å². The van der Waals surface area contributed by atoms with E-state index in [9.17, 15) is 4.79 Å². The predicted molar refractivity (Wildman–Crippen MR) is 125 cm³/mol. The number of nitrogens with zero attached hydrogens (tertiary/aromatic N) is 4. The smallest absolute Gasteiger partial charge is 0.253 e. The summed E-state index contributed by atoms with van der Waals surface area (Å²) in [5.74, 6) is 0.896. The third kappa shape index (κ3) is 3.97. The number of carbonyl (C=O) groups excluding carboxylic acids is 1. The molecule has 0 radical (unpaired) electrons. The predicted octanol–water partition coefficient (Wildman–Crippen LogP) is 4.91. The number of anilines is 1. The van der Waals surface area contributed by atoms with Gasteiger partial charge in [-0.1, -0.05) is 54.1 Å². The van der Waals surface area contributed by atoms with Gasteiger partial charge in [0, 0.05) is 42.3 Å². The van der Waals surface area contributed by atoms with Gasteiger partial charge in [-0.2, -0.15) is 0 Å². The van der Waals surface area contributed by atoms with E-state index in [1.54, 1.807) is 24.3 Å². The largest absolute Gasteiger partial charge is 0.351 e. The molecule has 154 valence electrons. The molecule has 0 N–H and O–H groups in total. The zero-order valence-corrected chi connectivity index (χ0v) is 17.7. The highest BCUT2D eigenvalue weighted by molar-refractivity contribution is 6.30. The molecule has 0 bridgehead atoms. The molecule has 1 amide bonds. The van der Waals surface area contributed by atoms with Crippen molar-refractivity contribution in [2.24, 2.45) is 0 Å². The van der Waals surface area contributed by atoms with Gasteiger partial charge < -0.3 is 9.80 Å². The molecular weight excluding hydrogens is 408 g/mol. The van der Waals surface area contributed by atoms with Crippen LogP contribution in [0.3, 0.4) is 0 Å². The van der Waals surface area contributed by atoms with Crippen molar-refractivity contribution in [3.63, 3.8) is 0 Å². The summed E-state index contributed by atoms with van der Waals surface area (Å²) >= 11 is 5.95. The second kappa shape index (κ2) is 8.36. The molecule has 1 aliphatic rings. The maximum absolute atomic E-state index is 12.9. The van der Waals surface area contributed by atoms with E-state index in [2.05, 4.69) is 17.0 Å². The first-order valence-corrected chi connectivity index (χ1v) is 10.7. The molecular formula is C25H21ClN4O. The van der Waals surface area contributed by atoms with Crippen molar-refractivity contribution in [2.45, 2.75) is 0 Å². The molecule has 1 fully saturated rings. The number of rotatable bonds is 3. The quantitative estimate of drug-likeness (QED) is 0.465. The lowest BCUT2D eigenvalue weighted by Gasteiger charge is -2.36. The zero-order valence-electron chi connectivity index (χ0n) is 16.9. The van der Waals surface area contributed by atoms with Gasteiger partial charge in [0.2, 0.25) is 0 Å². The lowest BCUT2D eigenvalue weighted by atomic mass is 10.1. The van der Waals surface area contributed by atoms with E-state index in [1.165, 1.54) is 0 Å². The van der Waals surface area contributed by atoms with Crippen molar-refractivity contribution in [3.05, 3.63) is 89.4 Å². The number of amides is 1. The van der Waals surface area contributed by atoms with Crippen molar-refractivity contribution in [3.8, 4) is 11.3 Å². The summed E-state index contributed by atoms with van der Waals surface area (Å²) in [6.07, 6.45) is 0. The average Bonchev–Trinajstić information content (AvgIpc) is 2.84. The first-order valence-electron chi connectivity index (χ1n) is 10.3. The standard InChI is InChI=1S/C25H21ClN4O/c26-20-12-10-19(11-13-20)25(31)30-16-14-29(15-17-30)24-23(18-6-2-1-3-7-18)27-21-8-4-5-9-22(21)28-24/h1-13H,14-17H2. The second-order valence-corrected chi connectivity index (χ2v) is 7.97. The van der Waals surface area contributed by atoms with Crippen LogP contribution in [0.2, 0.25) is 5.02 Å². The molecule has 0 aliphatic carbocycles. The Morgan fingerprint density at radius 3 is 2.03 bits per heavy atom. The van der Waals surface area contributed by atoms with Gasteiger partial charge >= 0.3 is 0 Å². The molecule has 1 aliphatic heterocycles. The van der Waals surface area contributed by atoms with Crippen LogP contribution in [0.1, 0.15) is 10.4 Å². The Balaban J connectivity index is 1.42. The molecule has 31 heavy (non-hydrogen) atoms. The summed E-state index contributed by atoms with van der Waals surface area (Å²) in [6, 6.07) is 25.1. The Morgan fingerprint density at radius 2 is 1.35 bits per heavy atom. The van der Waals surface area contributed by atoms with E-state index in [4.69, 9.17) is 21.6 Å². The van der Waals surface area contributed by atoms with Crippen LogP contribution in [-0.2, 0) is 0 Å². The molecule has 5 rings (SSSR count). The summed E-state index contributed by atoms with van der Waals surface area (Å²) in [5, 5.41) is 0.629. The topological polar surface area (TPSA) is 49.3 Å². The molecule has 5 nitrogen and oxygen atoms in total. The fourth-order valence-electron chi connectivity index (χ4n) is 3.90. The number of fused-ring (bicyclic) bond motifs is 1. The van der Waals surface area contributed by atoms with E-state index in [1.807, 2.05) is 47.4 Å². The van der Waals surface area contributed by atoms with Gasteiger partial charge in [-0.15, -0.1) is 0 Å². The van der Waals surface area contributed by atoms with E-state index in [0.29, 0.717) is 36.8 Å². The highest BCUT2D eigenvalue weighted by atomic mass is 35.5. The Bertz CT molecular complexity index is 1220. The summed E-state index contributed by atoms with van der Waals surface area (Å²) in [4.78, 5) is 26.9. The van der Waals surface area contributed by atoms with Crippen LogP contribution in [0, 0.1) is 0 Å². The van der Waals surface area contributed by atoms with Crippen molar-refractivity contribution in [1.82, 2.24) is 14.9 Å². The first-order chi connectivity index (χ1) is 15.2. The molecule has 0 unspecified atom stereocenters. The fourth-order valence-corrected chi connectivity index (χ4v) is 4.02. The van der Waals surface area contributed by atoms with E-state index >= 15 is 0 Å². The van der Waals surface area contributed by atoms with Crippen LogP contribution in [0.5, 0.6) is 0 Å². The lowest BCUT2D eigenvalue weighted by Crippen LogP contribution is -2.49. The molecule has 1 saturated heterocycles. The van der Waals surface area contributed by atoms with E-state index in [-0.39, 0.29) is 5.91 Å². The maximum Gasteiger partial charge on any atom is 0.253 e. The van der Waals surface area contributed by atoms with Crippen molar-refractivity contribution in [1.29, 1.82) is 0 Å². The SMILES string of the molecule is O=C(c1ccc(Cl)cc1)N1CCN(c2nc3ccccc3nc2-c2ccccc2)CC1. The van der Waals surface area contributed by atoms with Crippen LogP contribution in [0.25, 0.3) is 22.3 Å². The Hall–Kier alpha value is -3.44. The maximum atomic E-state index is 12.9. The second-order valence-electron chi connectivity index (χ2n) is 7.54. The summed E-state index contributed by atoms with van der Waals surface area (Å²) in [5.41, 5.74) is 4.32. The molecule has 0 atom stereocenters. The average molecular weight is 429 g/mol. The molecule has 4 aromatic rings. The van der Waals surface area contributed by atoms with Crippen LogP contribution < -0.4 is 4.90 Å². The van der Waals surface area contributed by atoms with Gasteiger partial charge in [-0.25, -0.2) is 9.97 Å². The minimum absolute atomic E-state index is 0.0317. The van der Waals surface area contributed by atoms with Crippen molar-refractivity contribution >= 4 is 34.4 Å². The molecule has 2 heterocycles. The molecule has 6 heteroatoms. The van der Waals surface area contributed by atoms with Crippen LogP contribution in [0.15, 0.2) is 78.9 Å². The summed E-state index contributed by atoms with van der Waals surface area (Å²) in [7, 11) is 0. The Morgan fingerprint density at radius 1 is 0.742 bits per heavy atom. The monoisotopic (exact) mass is 428 g/mol. The third-order valence-corrected chi connectivity index (χ3v) is 5.81. The van der Waals surface area contributed by atoms with Gasteiger partial charge in [0.25, 0.3) is 5.91 Å². The van der Waals surface area contributed by atoms with Gasteiger partial charge in [0.15, 0.2) is 5.82 Å². The molecule has 3 aromatic carbocycles. The van der Waals surface area contributed by atoms with Gasteiger partial charge in [-0.3, -0.25) is 4.79 Å².